The molecule has 0 saturated carbocycles. The molecule has 2 aromatic rings. The van der Waals surface area contributed by atoms with Crippen LogP contribution in [0.1, 0.15) is 18.1 Å². The third-order valence-electron chi connectivity index (χ3n) is 4.16. The number of hydrogen-bond donors (Lipinski definition) is 1. The van der Waals surface area contributed by atoms with Gasteiger partial charge in [0.05, 0.1) is 19.8 Å². The zero-order valence-electron chi connectivity index (χ0n) is 15.5. The maximum atomic E-state index is 13.2. The van der Waals surface area contributed by atoms with Gasteiger partial charge in [-0.2, -0.15) is 0 Å². The maximum absolute atomic E-state index is 13.2. The van der Waals surface area contributed by atoms with Gasteiger partial charge in [-0.25, -0.2) is 4.39 Å². The second-order valence-corrected chi connectivity index (χ2v) is 6.52. The van der Waals surface area contributed by atoms with Crippen LogP contribution in [0.4, 0.5) is 4.39 Å². The first kappa shape index (κ1) is 19.9. The topological polar surface area (TPSA) is 41.9 Å². The van der Waals surface area contributed by atoms with E-state index in [1.807, 2.05) is 18.2 Å². The maximum Gasteiger partial charge on any atom is 0.161 e. The minimum atomic E-state index is -1.03. The number of halogens is 1. The van der Waals surface area contributed by atoms with E-state index in [0.29, 0.717) is 31.1 Å². The van der Waals surface area contributed by atoms with E-state index in [2.05, 4.69) is 11.5 Å². The van der Waals surface area contributed by atoms with E-state index in [-0.39, 0.29) is 5.82 Å². The van der Waals surface area contributed by atoms with Crippen LogP contribution in [0.5, 0.6) is 11.5 Å². The van der Waals surface area contributed by atoms with Crippen molar-refractivity contribution < 1.29 is 19.0 Å². The van der Waals surface area contributed by atoms with Gasteiger partial charge >= 0.3 is 0 Å². The fourth-order valence-corrected chi connectivity index (χ4v) is 2.77. The molecule has 0 heterocycles. The fourth-order valence-electron chi connectivity index (χ4n) is 2.77. The van der Waals surface area contributed by atoms with Crippen molar-refractivity contribution in [3.05, 3.63) is 72.1 Å². The van der Waals surface area contributed by atoms with Crippen LogP contribution >= 0.6 is 0 Å². The van der Waals surface area contributed by atoms with Crippen molar-refractivity contribution >= 4 is 0 Å². The van der Waals surface area contributed by atoms with Crippen LogP contribution in [-0.2, 0) is 13.1 Å². The van der Waals surface area contributed by atoms with Gasteiger partial charge in [0.15, 0.2) is 11.5 Å². The number of methoxy groups -OCH3 is 2. The van der Waals surface area contributed by atoms with Gasteiger partial charge in [-0.3, -0.25) is 4.90 Å². The standard InChI is InChI=1S/C21H26FNO3/c1-5-21(2,24)15-23(13-16-6-9-18(22)10-7-16)14-17-8-11-19(25-3)20(12-17)26-4/h5-12,24H,1,13-15H2,2-4H3. The average Bonchev–Trinajstić information content (AvgIpc) is 2.63. The number of nitrogens with zero attached hydrogens (tertiary/aromatic N) is 1. The lowest BCUT2D eigenvalue weighted by atomic mass is 10.1. The second-order valence-electron chi connectivity index (χ2n) is 6.52. The van der Waals surface area contributed by atoms with Crippen molar-refractivity contribution in [3.8, 4) is 11.5 Å². The first-order chi connectivity index (χ1) is 12.4. The Morgan fingerprint density at radius 2 is 1.62 bits per heavy atom. The van der Waals surface area contributed by atoms with Crippen LogP contribution < -0.4 is 9.47 Å². The molecule has 0 spiro atoms. The summed E-state index contributed by atoms with van der Waals surface area (Å²) >= 11 is 0. The lowest BCUT2D eigenvalue weighted by Gasteiger charge is -2.30. The largest absolute Gasteiger partial charge is 0.493 e. The van der Waals surface area contributed by atoms with Gasteiger partial charge in [0.25, 0.3) is 0 Å². The highest BCUT2D eigenvalue weighted by Gasteiger charge is 2.21. The molecule has 0 aromatic heterocycles. The number of rotatable bonds is 9. The number of aliphatic hydroxyl groups is 1. The van der Waals surface area contributed by atoms with E-state index in [0.717, 1.165) is 11.1 Å². The zero-order valence-corrected chi connectivity index (χ0v) is 15.5. The van der Waals surface area contributed by atoms with Crippen LogP contribution in [0.15, 0.2) is 55.1 Å². The van der Waals surface area contributed by atoms with Gasteiger partial charge in [-0.1, -0.05) is 24.3 Å². The quantitative estimate of drug-likeness (QED) is 0.692. The molecule has 1 unspecified atom stereocenters. The monoisotopic (exact) mass is 359 g/mol. The van der Waals surface area contributed by atoms with Crippen molar-refractivity contribution in [2.24, 2.45) is 0 Å². The smallest absolute Gasteiger partial charge is 0.161 e. The van der Waals surface area contributed by atoms with Gasteiger partial charge < -0.3 is 14.6 Å². The van der Waals surface area contributed by atoms with Gasteiger partial charge in [-0.15, -0.1) is 6.58 Å². The molecule has 0 saturated heterocycles. The molecule has 1 atom stereocenters. The molecule has 2 aromatic carbocycles. The molecular formula is C21H26FNO3. The molecular weight excluding hydrogens is 333 g/mol. The summed E-state index contributed by atoms with van der Waals surface area (Å²) < 4.78 is 23.8. The Labute approximate surface area is 154 Å². The highest BCUT2D eigenvalue weighted by molar-refractivity contribution is 5.42. The van der Waals surface area contributed by atoms with Crippen molar-refractivity contribution in [2.45, 2.75) is 25.6 Å². The molecule has 26 heavy (non-hydrogen) atoms. The molecule has 2 rings (SSSR count). The van der Waals surface area contributed by atoms with E-state index in [1.165, 1.54) is 18.2 Å². The Hall–Kier alpha value is -2.37. The molecule has 140 valence electrons. The summed E-state index contributed by atoms with van der Waals surface area (Å²) in [5.74, 6) is 1.06. The first-order valence-electron chi connectivity index (χ1n) is 8.40. The summed E-state index contributed by atoms with van der Waals surface area (Å²) in [5.41, 5.74) is 0.952. The number of benzene rings is 2. The van der Waals surface area contributed by atoms with E-state index in [9.17, 15) is 9.50 Å². The van der Waals surface area contributed by atoms with Crippen LogP contribution in [0.25, 0.3) is 0 Å². The van der Waals surface area contributed by atoms with Gasteiger partial charge in [0, 0.05) is 19.6 Å². The Kier molecular flexibility index (Phi) is 6.77. The highest BCUT2D eigenvalue weighted by Crippen LogP contribution is 2.28. The van der Waals surface area contributed by atoms with Gasteiger partial charge in [-0.05, 0) is 42.3 Å². The van der Waals surface area contributed by atoms with Crippen LogP contribution in [-0.4, -0.2) is 36.4 Å². The van der Waals surface area contributed by atoms with Crippen LogP contribution in [0.3, 0.4) is 0 Å². The summed E-state index contributed by atoms with van der Waals surface area (Å²) in [6.45, 7) is 6.96. The normalized spacial score (nSPS) is 13.3. The molecule has 4 nitrogen and oxygen atoms in total. The second kappa shape index (κ2) is 8.83. The predicted octanol–water partition coefficient (Wildman–Crippen LogP) is 3.78. The third kappa shape index (κ3) is 5.58. The van der Waals surface area contributed by atoms with Crippen LogP contribution in [0.2, 0.25) is 0 Å². The van der Waals surface area contributed by atoms with E-state index < -0.39 is 5.60 Å². The molecule has 0 bridgehead atoms. The van der Waals surface area contributed by atoms with Crippen LogP contribution in [0, 0.1) is 5.82 Å². The highest BCUT2D eigenvalue weighted by atomic mass is 19.1. The van der Waals surface area contributed by atoms with Gasteiger partial charge in [0.1, 0.15) is 5.82 Å². The van der Waals surface area contributed by atoms with Crippen molar-refractivity contribution in [3.63, 3.8) is 0 Å². The summed E-state index contributed by atoms with van der Waals surface area (Å²) in [7, 11) is 3.19. The lowest BCUT2D eigenvalue weighted by Crippen LogP contribution is -2.38. The van der Waals surface area contributed by atoms with E-state index in [1.54, 1.807) is 33.3 Å². The molecule has 1 N–H and O–H groups in total. The Morgan fingerprint density at radius 1 is 1.04 bits per heavy atom. The van der Waals surface area contributed by atoms with Crippen molar-refractivity contribution in [2.75, 3.05) is 20.8 Å². The summed E-state index contributed by atoms with van der Waals surface area (Å²) in [6.07, 6.45) is 1.53. The lowest BCUT2D eigenvalue weighted by molar-refractivity contribution is 0.0555. The van der Waals surface area contributed by atoms with Crippen molar-refractivity contribution in [1.82, 2.24) is 4.90 Å². The number of ether oxygens (including phenoxy) is 2. The number of hydrogen-bond acceptors (Lipinski definition) is 4. The molecule has 5 heteroatoms. The fraction of sp³-hybridized carbons (Fsp3) is 0.333. The van der Waals surface area contributed by atoms with Gasteiger partial charge in [0.2, 0.25) is 0 Å². The minimum absolute atomic E-state index is 0.265. The molecule has 0 aliphatic rings. The average molecular weight is 359 g/mol. The third-order valence-corrected chi connectivity index (χ3v) is 4.16. The van der Waals surface area contributed by atoms with E-state index >= 15 is 0 Å². The SMILES string of the molecule is C=CC(C)(O)CN(Cc1ccc(F)cc1)Cc1ccc(OC)c(OC)c1. The minimum Gasteiger partial charge on any atom is -0.493 e. The molecule has 0 aliphatic heterocycles. The van der Waals surface area contributed by atoms with Crippen molar-refractivity contribution in [1.29, 1.82) is 0 Å². The molecule has 0 aliphatic carbocycles. The summed E-state index contributed by atoms with van der Waals surface area (Å²) in [6, 6.07) is 12.1. The molecule has 0 amide bonds. The van der Waals surface area contributed by atoms with E-state index in [4.69, 9.17) is 9.47 Å². The molecule has 0 fully saturated rings. The first-order valence-corrected chi connectivity index (χ1v) is 8.40. The predicted molar refractivity (Wildman–Crippen MR) is 101 cm³/mol. The Bertz CT molecular complexity index is 729. The zero-order chi connectivity index (χ0) is 19.2. The molecule has 0 radical (unpaired) electrons. The summed E-state index contributed by atoms with van der Waals surface area (Å²) in [4.78, 5) is 2.08. The summed E-state index contributed by atoms with van der Waals surface area (Å²) in [5, 5.41) is 10.4. The Balaban J connectivity index is 2.22. The Morgan fingerprint density at radius 3 is 2.19 bits per heavy atom.